The molecule has 0 saturated heterocycles. The third-order valence-electron chi connectivity index (χ3n) is 2.38. The SMILES string of the molecule is O=C(Nc1nnccc1C(=O)O)OCc1ccccc1. The van der Waals surface area contributed by atoms with Crippen molar-refractivity contribution in [3.63, 3.8) is 0 Å². The van der Waals surface area contributed by atoms with Crippen LogP contribution >= 0.6 is 0 Å². The van der Waals surface area contributed by atoms with Crippen molar-refractivity contribution in [2.75, 3.05) is 5.32 Å². The second-order valence-electron chi connectivity index (χ2n) is 3.79. The molecule has 2 N–H and O–H groups in total. The summed E-state index contributed by atoms with van der Waals surface area (Å²) in [5.74, 6) is -1.36. The molecule has 7 heteroatoms. The van der Waals surface area contributed by atoms with Gasteiger partial charge in [0, 0.05) is 0 Å². The number of benzene rings is 1. The second kappa shape index (κ2) is 6.28. The smallest absolute Gasteiger partial charge is 0.413 e. The van der Waals surface area contributed by atoms with Gasteiger partial charge in [0.25, 0.3) is 0 Å². The van der Waals surface area contributed by atoms with Crippen molar-refractivity contribution >= 4 is 17.9 Å². The summed E-state index contributed by atoms with van der Waals surface area (Å²) in [5.41, 5.74) is 0.664. The lowest BCUT2D eigenvalue weighted by Gasteiger charge is -2.07. The quantitative estimate of drug-likeness (QED) is 0.882. The van der Waals surface area contributed by atoms with Crippen LogP contribution in [0.2, 0.25) is 0 Å². The first-order chi connectivity index (χ1) is 9.66. The van der Waals surface area contributed by atoms with Crippen molar-refractivity contribution in [3.8, 4) is 0 Å². The van der Waals surface area contributed by atoms with Gasteiger partial charge >= 0.3 is 12.1 Å². The van der Waals surface area contributed by atoms with Gasteiger partial charge < -0.3 is 9.84 Å². The highest BCUT2D eigenvalue weighted by atomic mass is 16.5. The van der Waals surface area contributed by atoms with Crippen LogP contribution in [0, 0.1) is 0 Å². The lowest BCUT2D eigenvalue weighted by Crippen LogP contribution is -2.17. The fourth-order valence-electron chi connectivity index (χ4n) is 1.45. The predicted molar refractivity (Wildman–Crippen MR) is 69.2 cm³/mol. The lowest BCUT2D eigenvalue weighted by molar-refractivity contribution is 0.0697. The molecule has 2 rings (SSSR count). The molecule has 1 amide bonds. The molecule has 0 radical (unpaired) electrons. The van der Waals surface area contributed by atoms with E-state index >= 15 is 0 Å². The number of rotatable bonds is 4. The molecular weight excluding hydrogens is 262 g/mol. The molecule has 7 nitrogen and oxygen atoms in total. The molecule has 1 aromatic carbocycles. The molecule has 0 saturated carbocycles. The van der Waals surface area contributed by atoms with Gasteiger partial charge in [0.15, 0.2) is 5.82 Å². The molecule has 0 fully saturated rings. The Bertz CT molecular complexity index is 616. The highest BCUT2D eigenvalue weighted by Gasteiger charge is 2.14. The van der Waals surface area contributed by atoms with E-state index in [4.69, 9.17) is 9.84 Å². The van der Waals surface area contributed by atoms with Crippen LogP contribution < -0.4 is 5.32 Å². The Balaban J connectivity index is 1.97. The molecule has 2 aromatic rings. The van der Waals surface area contributed by atoms with Crippen LogP contribution in [0.5, 0.6) is 0 Å². The van der Waals surface area contributed by atoms with Crippen LogP contribution in [0.25, 0.3) is 0 Å². The summed E-state index contributed by atoms with van der Waals surface area (Å²) in [5, 5.41) is 18.2. The Morgan fingerprint density at radius 2 is 1.95 bits per heavy atom. The number of nitrogens with zero attached hydrogens (tertiary/aromatic N) is 2. The first-order valence-corrected chi connectivity index (χ1v) is 5.69. The highest BCUT2D eigenvalue weighted by Crippen LogP contribution is 2.10. The van der Waals surface area contributed by atoms with E-state index in [0.29, 0.717) is 0 Å². The van der Waals surface area contributed by atoms with Gasteiger partial charge in [-0.05, 0) is 11.6 Å². The largest absolute Gasteiger partial charge is 0.478 e. The number of ether oxygens (including phenoxy) is 1. The number of carboxylic acid groups (broad SMARTS) is 1. The minimum absolute atomic E-state index is 0.0787. The van der Waals surface area contributed by atoms with E-state index in [9.17, 15) is 9.59 Å². The maximum atomic E-state index is 11.6. The third kappa shape index (κ3) is 3.52. The number of carbonyl (C=O) groups is 2. The van der Waals surface area contributed by atoms with Gasteiger partial charge in [-0.25, -0.2) is 9.59 Å². The van der Waals surface area contributed by atoms with Gasteiger partial charge in [-0.15, -0.1) is 5.10 Å². The van der Waals surface area contributed by atoms with Gasteiger partial charge in [0.05, 0.1) is 6.20 Å². The number of amides is 1. The van der Waals surface area contributed by atoms with Crippen molar-refractivity contribution in [1.82, 2.24) is 10.2 Å². The van der Waals surface area contributed by atoms with Crippen molar-refractivity contribution in [2.24, 2.45) is 0 Å². The Morgan fingerprint density at radius 1 is 1.20 bits per heavy atom. The number of hydrogen-bond acceptors (Lipinski definition) is 5. The molecular formula is C13H11N3O4. The van der Waals surface area contributed by atoms with Crippen LogP contribution in [0.15, 0.2) is 42.6 Å². The molecule has 0 unspecified atom stereocenters. The maximum Gasteiger partial charge on any atom is 0.413 e. The van der Waals surface area contributed by atoms with Crippen molar-refractivity contribution in [2.45, 2.75) is 6.61 Å². The number of carbonyl (C=O) groups excluding carboxylic acids is 1. The number of nitrogens with one attached hydrogen (secondary N) is 1. The monoisotopic (exact) mass is 273 g/mol. The molecule has 1 heterocycles. The number of anilines is 1. The molecule has 102 valence electrons. The predicted octanol–water partition coefficient (Wildman–Crippen LogP) is 1.92. The molecule has 0 aliphatic heterocycles. The topological polar surface area (TPSA) is 101 Å². The first-order valence-electron chi connectivity index (χ1n) is 5.69. The standard InChI is InChI=1S/C13H11N3O4/c17-12(18)10-6-7-14-16-11(10)15-13(19)20-8-9-4-2-1-3-5-9/h1-7H,8H2,(H,17,18)(H,15,16,19). The Kier molecular flexibility index (Phi) is 4.23. The first kappa shape index (κ1) is 13.5. The molecule has 20 heavy (non-hydrogen) atoms. The zero-order valence-electron chi connectivity index (χ0n) is 10.3. The van der Waals surface area contributed by atoms with Gasteiger partial charge in [-0.3, -0.25) is 5.32 Å². The second-order valence-corrected chi connectivity index (χ2v) is 3.79. The normalized spacial score (nSPS) is 9.80. The van der Waals surface area contributed by atoms with E-state index in [1.807, 2.05) is 18.2 Å². The van der Waals surface area contributed by atoms with Crippen LogP contribution in [-0.4, -0.2) is 27.4 Å². The Labute approximate surface area is 114 Å². The summed E-state index contributed by atoms with van der Waals surface area (Å²) in [6, 6.07) is 10.3. The molecule has 0 spiro atoms. The van der Waals surface area contributed by atoms with Crippen molar-refractivity contribution in [3.05, 3.63) is 53.7 Å². The van der Waals surface area contributed by atoms with E-state index in [0.717, 1.165) is 5.56 Å². The summed E-state index contributed by atoms with van der Waals surface area (Å²) < 4.78 is 4.96. The number of carboxylic acids is 1. The molecule has 0 aliphatic rings. The average Bonchev–Trinajstić information content (AvgIpc) is 2.46. The van der Waals surface area contributed by atoms with E-state index in [-0.39, 0.29) is 18.0 Å². The van der Waals surface area contributed by atoms with Gasteiger partial charge in [0.2, 0.25) is 0 Å². The summed E-state index contributed by atoms with van der Waals surface area (Å²) in [6.07, 6.45) is 0.432. The maximum absolute atomic E-state index is 11.6. The molecule has 1 aromatic heterocycles. The van der Waals surface area contributed by atoms with Crippen LogP contribution in [0.4, 0.5) is 10.6 Å². The number of aromatic carboxylic acids is 1. The van der Waals surface area contributed by atoms with Gasteiger partial charge in [-0.1, -0.05) is 30.3 Å². The van der Waals surface area contributed by atoms with E-state index in [1.165, 1.54) is 12.3 Å². The summed E-state index contributed by atoms with van der Waals surface area (Å²) in [6.45, 7) is 0.0787. The van der Waals surface area contributed by atoms with Gasteiger partial charge in [0.1, 0.15) is 12.2 Å². The molecule has 0 bridgehead atoms. The lowest BCUT2D eigenvalue weighted by atomic mass is 10.2. The zero-order chi connectivity index (χ0) is 14.4. The Hall–Kier alpha value is -2.96. The van der Waals surface area contributed by atoms with E-state index < -0.39 is 12.1 Å². The molecule has 0 aliphatic carbocycles. The minimum atomic E-state index is -1.21. The minimum Gasteiger partial charge on any atom is -0.478 e. The van der Waals surface area contributed by atoms with Crippen molar-refractivity contribution < 1.29 is 19.4 Å². The van der Waals surface area contributed by atoms with E-state index in [2.05, 4.69) is 15.5 Å². The molecule has 0 atom stereocenters. The van der Waals surface area contributed by atoms with Gasteiger partial charge in [-0.2, -0.15) is 5.10 Å². The summed E-state index contributed by atoms with van der Waals surface area (Å²) in [7, 11) is 0. The van der Waals surface area contributed by atoms with E-state index in [1.54, 1.807) is 12.1 Å². The number of aromatic nitrogens is 2. The summed E-state index contributed by atoms with van der Waals surface area (Å²) in [4.78, 5) is 22.5. The highest BCUT2D eigenvalue weighted by molar-refractivity contribution is 5.97. The average molecular weight is 273 g/mol. The Morgan fingerprint density at radius 3 is 2.65 bits per heavy atom. The fraction of sp³-hybridized carbons (Fsp3) is 0.0769. The third-order valence-corrected chi connectivity index (χ3v) is 2.38. The zero-order valence-corrected chi connectivity index (χ0v) is 10.3. The summed E-state index contributed by atoms with van der Waals surface area (Å²) >= 11 is 0. The van der Waals surface area contributed by atoms with Crippen LogP contribution in [-0.2, 0) is 11.3 Å². The van der Waals surface area contributed by atoms with Crippen LogP contribution in [0.1, 0.15) is 15.9 Å². The fourth-order valence-corrected chi connectivity index (χ4v) is 1.45. The number of hydrogen-bond donors (Lipinski definition) is 2. The van der Waals surface area contributed by atoms with Crippen LogP contribution in [0.3, 0.4) is 0 Å². The van der Waals surface area contributed by atoms with Crippen molar-refractivity contribution in [1.29, 1.82) is 0 Å².